The number of phenols is 1. The molecule has 0 aliphatic heterocycles. The fourth-order valence-corrected chi connectivity index (χ4v) is 1.65. The van der Waals surface area contributed by atoms with Gasteiger partial charge in [-0.1, -0.05) is 6.07 Å². The van der Waals surface area contributed by atoms with Crippen LogP contribution in [0.1, 0.15) is 35.7 Å². The molecule has 0 unspecified atom stereocenters. The van der Waals surface area contributed by atoms with E-state index < -0.39 is 11.9 Å². The Morgan fingerprint density at radius 2 is 2.06 bits per heavy atom. The van der Waals surface area contributed by atoms with Crippen LogP contribution in [0, 0.1) is 0 Å². The predicted octanol–water partition coefficient (Wildman–Crippen LogP) is 1.98. The second kappa shape index (κ2) is 6.64. The molecule has 5 nitrogen and oxygen atoms in total. The number of hydrogen-bond acceptors (Lipinski definition) is 4. The number of ether oxygens (including phenoxy) is 1. The SMILES string of the molecule is CCOC(=O)c1cccc(O)c1CCCC(=O)O. The lowest BCUT2D eigenvalue weighted by atomic mass is 10.0. The second-order valence-corrected chi connectivity index (χ2v) is 3.77. The van der Waals surface area contributed by atoms with Crippen molar-refractivity contribution >= 4 is 11.9 Å². The van der Waals surface area contributed by atoms with E-state index in [-0.39, 0.29) is 18.8 Å². The number of esters is 1. The van der Waals surface area contributed by atoms with Gasteiger partial charge in [0.05, 0.1) is 12.2 Å². The maximum absolute atomic E-state index is 11.7. The summed E-state index contributed by atoms with van der Waals surface area (Å²) in [6.07, 6.45) is 0.684. The molecule has 5 heteroatoms. The average Bonchev–Trinajstić information content (AvgIpc) is 2.31. The lowest BCUT2D eigenvalue weighted by Crippen LogP contribution is -2.08. The minimum atomic E-state index is -0.900. The van der Waals surface area contributed by atoms with Crippen LogP contribution in [0.5, 0.6) is 5.75 Å². The fraction of sp³-hybridized carbons (Fsp3) is 0.385. The molecule has 1 aromatic carbocycles. The number of carboxylic acid groups (broad SMARTS) is 1. The molecule has 0 heterocycles. The van der Waals surface area contributed by atoms with Crippen molar-refractivity contribution in [3.8, 4) is 5.75 Å². The van der Waals surface area contributed by atoms with Crippen molar-refractivity contribution in [2.24, 2.45) is 0 Å². The summed E-state index contributed by atoms with van der Waals surface area (Å²) >= 11 is 0. The lowest BCUT2D eigenvalue weighted by molar-refractivity contribution is -0.137. The number of carbonyl (C=O) groups excluding carboxylic acids is 1. The third-order valence-corrected chi connectivity index (χ3v) is 2.46. The minimum Gasteiger partial charge on any atom is -0.508 e. The van der Waals surface area contributed by atoms with Gasteiger partial charge in [0, 0.05) is 12.0 Å². The first-order valence-corrected chi connectivity index (χ1v) is 5.76. The first-order valence-electron chi connectivity index (χ1n) is 5.76. The fourth-order valence-electron chi connectivity index (χ4n) is 1.65. The van der Waals surface area contributed by atoms with Crippen molar-refractivity contribution in [1.82, 2.24) is 0 Å². The molecular weight excluding hydrogens is 236 g/mol. The molecule has 0 radical (unpaired) electrons. The van der Waals surface area contributed by atoms with E-state index in [2.05, 4.69) is 0 Å². The molecule has 0 saturated carbocycles. The number of hydrogen-bond donors (Lipinski definition) is 2. The third kappa shape index (κ3) is 3.76. The number of rotatable bonds is 6. The van der Waals surface area contributed by atoms with Gasteiger partial charge in [-0.15, -0.1) is 0 Å². The van der Waals surface area contributed by atoms with Crippen LogP contribution in [0.3, 0.4) is 0 Å². The van der Waals surface area contributed by atoms with Gasteiger partial charge in [0.25, 0.3) is 0 Å². The van der Waals surface area contributed by atoms with Crippen molar-refractivity contribution in [2.45, 2.75) is 26.2 Å². The zero-order valence-corrected chi connectivity index (χ0v) is 10.2. The van der Waals surface area contributed by atoms with Gasteiger partial charge in [-0.25, -0.2) is 4.79 Å². The number of carbonyl (C=O) groups is 2. The minimum absolute atomic E-state index is 0.00337. The molecule has 1 aromatic rings. The number of carboxylic acids is 1. The Bertz CT molecular complexity index is 439. The summed E-state index contributed by atoms with van der Waals surface area (Å²) in [7, 11) is 0. The standard InChI is InChI=1S/C13H16O5/c1-2-18-13(17)10-6-3-7-11(14)9(10)5-4-8-12(15)16/h3,6-7,14H,2,4-5,8H2,1H3,(H,15,16). The molecule has 98 valence electrons. The highest BCUT2D eigenvalue weighted by atomic mass is 16.5. The van der Waals surface area contributed by atoms with E-state index in [1.165, 1.54) is 6.07 Å². The van der Waals surface area contributed by atoms with Crippen LogP contribution in [0.4, 0.5) is 0 Å². The van der Waals surface area contributed by atoms with Gasteiger partial charge >= 0.3 is 11.9 Å². The molecule has 0 saturated heterocycles. The van der Waals surface area contributed by atoms with Gasteiger partial charge in [-0.3, -0.25) is 4.79 Å². The summed E-state index contributed by atoms with van der Waals surface area (Å²) in [5, 5.41) is 18.3. The van der Waals surface area contributed by atoms with Crippen LogP contribution < -0.4 is 0 Å². The molecule has 0 fully saturated rings. The topological polar surface area (TPSA) is 83.8 Å². The molecule has 0 bridgehead atoms. The first-order chi connectivity index (χ1) is 8.56. The first kappa shape index (κ1) is 14.0. The molecule has 0 aliphatic carbocycles. The largest absolute Gasteiger partial charge is 0.508 e. The van der Waals surface area contributed by atoms with Crippen LogP contribution in [-0.2, 0) is 16.0 Å². The van der Waals surface area contributed by atoms with E-state index in [4.69, 9.17) is 9.84 Å². The highest BCUT2D eigenvalue weighted by molar-refractivity contribution is 5.91. The van der Waals surface area contributed by atoms with Crippen molar-refractivity contribution in [3.05, 3.63) is 29.3 Å². The Balaban J connectivity index is 2.86. The van der Waals surface area contributed by atoms with E-state index in [1.807, 2.05) is 0 Å². The van der Waals surface area contributed by atoms with Crippen molar-refractivity contribution in [3.63, 3.8) is 0 Å². The molecule has 18 heavy (non-hydrogen) atoms. The van der Waals surface area contributed by atoms with Gasteiger partial charge in [-0.2, -0.15) is 0 Å². The number of aromatic hydroxyl groups is 1. The highest BCUT2D eigenvalue weighted by Crippen LogP contribution is 2.23. The van der Waals surface area contributed by atoms with Gasteiger partial charge in [0.2, 0.25) is 0 Å². The Hall–Kier alpha value is -2.04. The molecule has 0 amide bonds. The summed E-state index contributed by atoms with van der Waals surface area (Å²) < 4.78 is 4.88. The Kier molecular flexibility index (Phi) is 5.17. The molecule has 0 aliphatic rings. The second-order valence-electron chi connectivity index (χ2n) is 3.77. The van der Waals surface area contributed by atoms with Crippen LogP contribution in [0.2, 0.25) is 0 Å². The summed E-state index contributed by atoms with van der Waals surface area (Å²) in [5.41, 5.74) is 0.736. The van der Waals surface area contributed by atoms with Crippen molar-refractivity contribution in [1.29, 1.82) is 0 Å². The Labute approximate surface area is 105 Å². The molecule has 2 N–H and O–H groups in total. The summed E-state index contributed by atoms with van der Waals surface area (Å²) in [6.45, 7) is 1.95. The Morgan fingerprint density at radius 3 is 2.67 bits per heavy atom. The normalized spacial score (nSPS) is 10.1. The smallest absolute Gasteiger partial charge is 0.338 e. The molecule has 0 aromatic heterocycles. The maximum Gasteiger partial charge on any atom is 0.338 e. The summed E-state index contributed by atoms with van der Waals surface area (Å²) in [4.78, 5) is 22.1. The van der Waals surface area contributed by atoms with E-state index >= 15 is 0 Å². The molecule has 0 atom stereocenters. The monoisotopic (exact) mass is 252 g/mol. The zero-order chi connectivity index (χ0) is 13.5. The predicted molar refractivity (Wildman–Crippen MR) is 64.6 cm³/mol. The molecule has 0 spiro atoms. The Morgan fingerprint density at radius 1 is 1.33 bits per heavy atom. The lowest BCUT2D eigenvalue weighted by Gasteiger charge is -2.10. The van der Waals surface area contributed by atoms with Crippen molar-refractivity contribution in [2.75, 3.05) is 6.61 Å². The maximum atomic E-state index is 11.7. The van der Waals surface area contributed by atoms with Crippen molar-refractivity contribution < 1.29 is 24.5 Å². The molecule has 1 rings (SSSR count). The number of benzene rings is 1. The number of aliphatic carboxylic acids is 1. The third-order valence-electron chi connectivity index (χ3n) is 2.46. The van der Waals surface area contributed by atoms with Crippen LogP contribution >= 0.6 is 0 Å². The summed E-state index contributed by atoms with van der Waals surface area (Å²) in [5.74, 6) is -1.41. The summed E-state index contributed by atoms with van der Waals surface area (Å²) in [6, 6.07) is 4.59. The van der Waals surface area contributed by atoms with Crippen LogP contribution in [-0.4, -0.2) is 28.8 Å². The van der Waals surface area contributed by atoms with E-state index in [0.717, 1.165) is 0 Å². The van der Waals surface area contributed by atoms with E-state index in [0.29, 0.717) is 24.0 Å². The number of phenolic OH excluding ortho intramolecular Hbond substituents is 1. The van der Waals surface area contributed by atoms with Gasteiger partial charge in [0.1, 0.15) is 5.75 Å². The average molecular weight is 252 g/mol. The van der Waals surface area contributed by atoms with Gasteiger partial charge < -0.3 is 14.9 Å². The zero-order valence-electron chi connectivity index (χ0n) is 10.2. The van der Waals surface area contributed by atoms with E-state index in [1.54, 1.807) is 19.1 Å². The highest BCUT2D eigenvalue weighted by Gasteiger charge is 2.15. The van der Waals surface area contributed by atoms with Gasteiger partial charge in [-0.05, 0) is 31.9 Å². The quantitative estimate of drug-likeness (QED) is 0.756. The van der Waals surface area contributed by atoms with E-state index in [9.17, 15) is 14.7 Å². The van der Waals surface area contributed by atoms with Crippen LogP contribution in [0.15, 0.2) is 18.2 Å². The van der Waals surface area contributed by atoms with Gasteiger partial charge in [0.15, 0.2) is 0 Å². The van der Waals surface area contributed by atoms with Crippen LogP contribution in [0.25, 0.3) is 0 Å². The molecular formula is C13H16O5.